The van der Waals surface area contributed by atoms with Crippen molar-refractivity contribution in [3.8, 4) is 0 Å². The van der Waals surface area contributed by atoms with Gasteiger partial charge < -0.3 is 14.6 Å². The lowest BCUT2D eigenvalue weighted by molar-refractivity contribution is -0.123. The van der Waals surface area contributed by atoms with E-state index in [1.807, 2.05) is 20.8 Å². The normalized spacial score (nSPS) is 13.3. The lowest BCUT2D eigenvalue weighted by Crippen LogP contribution is -2.53. The topological polar surface area (TPSA) is 75.6 Å². The Morgan fingerprint density at radius 1 is 1.24 bits per heavy atom. The van der Waals surface area contributed by atoms with Crippen LogP contribution in [0, 0.1) is 0 Å². The second-order valence-corrected chi connectivity index (χ2v) is 5.32. The molecule has 0 aliphatic heterocycles. The van der Waals surface area contributed by atoms with E-state index in [0.717, 1.165) is 6.29 Å². The van der Waals surface area contributed by atoms with Gasteiger partial charge in [0.05, 0.1) is 6.10 Å². The largest absolute Gasteiger partial charge is 0.483 e. The van der Waals surface area contributed by atoms with Crippen LogP contribution in [0.25, 0.3) is 0 Å². The monoisotopic (exact) mass is 247 g/mol. The average Bonchev–Trinajstić information content (AvgIpc) is 1.98. The quantitative estimate of drug-likeness (QED) is 0.572. The van der Waals surface area contributed by atoms with Crippen molar-refractivity contribution >= 4 is 12.8 Å². The van der Waals surface area contributed by atoms with Gasteiger partial charge in [0.15, 0.2) is 0 Å². The summed E-state index contributed by atoms with van der Waals surface area (Å²) in [6, 6.07) is 0. The van der Waals surface area contributed by atoms with Crippen molar-refractivity contribution < 1.29 is 19.4 Å². The molecular weight excluding hydrogens is 222 g/mol. The Balaban J connectivity index is 0. The SMILES string of the molecule is CC(CC=O)OC(C)(C)NC(C)(C)C.O=CO. The van der Waals surface area contributed by atoms with Crippen molar-refractivity contribution in [2.75, 3.05) is 0 Å². The van der Waals surface area contributed by atoms with Crippen LogP contribution in [0.3, 0.4) is 0 Å². The van der Waals surface area contributed by atoms with Crippen LogP contribution in [0.15, 0.2) is 0 Å². The number of hydrogen-bond acceptors (Lipinski definition) is 4. The van der Waals surface area contributed by atoms with E-state index < -0.39 is 5.72 Å². The van der Waals surface area contributed by atoms with E-state index in [2.05, 4.69) is 26.1 Å². The van der Waals surface area contributed by atoms with Gasteiger partial charge in [0.2, 0.25) is 0 Å². The molecule has 5 heteroatoms. The number of carboxylic acid groups (broad SMARTS) is 1. The molecule has 1 atom stereocenters. The first kappa shape index (κ1) is 18.4. The van der Waals surface area contributed by atoms with Gasteiger partial charge in [0.1, 0.15) is 12.0 Å². The molecule has 0 aliphatic rings. The summed E-state index contributed by atoms with van der Waals surface area (Å²) in [7, 11) is 0. The number of carbonyl (C=O) groups excluding carboxylic acids is 1. The summed E-state index contributed by atoms with van der Waals surface area (Å²) in [6.45, 7) is 11.9. The van der Waals surface area contributed by atoms with Crippen molar-refractivity contribution in [1.82, 2.24) is 5.32 Å². The molecule has 0 saturated heterocycles. The van der Waals surface area contributed by atoms with Gasteiger partial charge in [-0.2, -0.15) is 0 Å². The smallest absolute Gasteiger partial charge is 0.290 e. The van der Waals surface area contributed by atoms with E-state index in [1.165, 1.54) is 0 Å². The summed E-state index contributed by atoms with van der Waals surface area (Å²) in [4.78, 5) is 18.6. The highest BCUT2D eigenvalue weighted by atomic mass is 16.5. The van der Waals surface area contributed by atoms with E-state index in [1.54, 1.807) is 0 Å². The van der Waals surface area contributed by atoms with Crippen LogP contribution in [0.1, 0.15) is 48.0 Å². The Bertz CT molecular complexity index is 221. The van der Waals surface area contributed by atoms with E-state index in [-0.39, 0.29) is 18.1 Å². The summed E-state index contributed by atoms with van der Waals surface area (Å²) in [5.74, 6) is 0. The fourth-order valence-corrected chi connectivity index (χ4v) is 1.62. The highest BCUT2D eigenvalue weighted by molar-refractivity contribution is 5.49. The van der Waals surface area contributed by atoms with Gasteiger partial charge >= 0.3 is 0 Å². The zero-order chi connectivity index (χ0) is 14.1. The summed E-state index contributed by atoms with van der Waals surface area (Å²) in [6.07, 6.45) is 1.28. The maximum Gasteiger partial charge on any atom is 0.290 e. The van der Waals surface area contributed by atoms with E-state index >= 15 is 0 Å². The van der Waals surface area contributed by atoms with E-state index in [4.69, 9.17) is 14.6 Å². The zero-order valence-corrected chi connectivity index (χ0v) is 11.6. The number of aldehydes is 1. The average molecular weight is 247 g/mol. The van der Waals surface area contributed by atoms with Crippen molar-refractivity contribution in [3.05, 3.63) is 0 Å². The van der Waals surface area contributed by atoms with Crippen LogP contribution in [0.4, 0.5) is 0 Å². The third-order valence-electron chi connectivity index (χ3n) is 1.60. The second-order valence-electron chi connectivity index (χ2n) is 5.32. The summed E-state index contributed by atoms with van der Waals surface area (Å²) < 4.78 is 5.71. The zero-order valence-electron chi connectivity index (χ0n) is 11.6. The molecule has 0 fully saturated rings. The van der Waals surface area contributed by atoms with Crippen molar-refractivity contribution in [1.29, 1.82) is 0 Å². The van der Waals surface area contributed by atoms with Crippen molar-refractivity contribution in [2.45, 2.75) is 65.3 Å². The molecule has 0 spiro atoms. The van der Waals surface area contributed by atoms with Gasteiger partial charge in [-0.15, -0.1) is 0 Å². The van der Waals surface area contributed by atoms with Crippen LogP contribution in [0.2, 0.25) is 0 Å². The molecule has 102 valence electrons. The lowest BCUT2D eigenvalue weighted by atomic mass is 10.1. The minimum Gasteiger partial charge on any atom is -0.483 e. The van der Waals surface area contributed by atoms with Crippen LogP contribution in [-0.2, 0) is 14.3 Å². The molecule has 0 aliphatic carbocycles. The first-order valence-corrected chi connectivity index (χ1v) is 5.56. The van der Waals surface area contributed by atoms with Gasteiger partial charge in [0, 0.05) is 12.0 Å². The maximum absolute atomic E-state index is 10.3. The number of rotatable bonds is 5. The molecule has 0 aromatic heterocycles. The molecule has 5 nitrogen and oxygen atoms in total. The Morgan fingerprint density at radius 3 is 1.94 bits per heavy atom. The number of hydrogen-bond donors (Lipinski definition) is 2. The Hall–Kier alpha value is -0.940. The Kier molecular flexibility index (Phi) is 8.88. The lowest BCUT2D eigenvalue weighted by Gasteiger charge is -2.36. The number of nitrogens with one attached hydrogen (secondary N) is 1. The first-order valence-electron chi connectivity index (χ1n) is 5.56. The molecule has 0 aromatic rings. The van der Waals surface area contributed by atoms with Gasteiger partial charge in [-0.3, -0.25) is 10.1 Å². The third-order valence-corrected chi connectivity index (χ3v) is 1.60. The predicted molar refractivity (Wildman–Crippen MR) is 66.9 cm³/mol. The van der Waals surface area contributed by atoms with Gasteiger partial charge in [0.25, 0.3) is 6.47 Å². The molecule has 0 amide bonds. The minimum absolute atomic E-state index is 0.00436. The Labute approximate surface area is 104 Å². The van der Waals surface area contributed by atoms with Crippen LogP contribution < -0.4 is 5.32 Å². The molecule has 1 unspecified atom stereocenters. The van der Waals surface area contributed by atoms with Crippen LogP contribution in [-0.4, -0.2) is 35.2 Å². The molecule has 0 rings (SSSR count). The fourth-order valence-electron chi connectivity index (χ4n) is 1.62. The molecule has 0 bridgehead atoms. The molecule has 0 heterocycles. The predicted octanol–water partition coefficient (Wildman–Crippen LogP) is 1.81. The number of ether oxygens (including phenoxy) is 1. The molecule has 17 heavy (non-hydrogen) atoms. The van der Waals surface area contributed by atoms with Gasteiger partial charge in [-0.25, -0.2) is 0 Å². The molecule has 0 radical (unpaired) electrons. The first-order chi connectivity index (χ1) is 7.58. The van der Waals surface area contributed by atoms with Gasteiger partial charge in [-0.05, 0) is 41.5 Å². The molecule has 2 N–H and O–H groups in total. The second kappa shape index (κ2) is 8.20. The van der Waals surface area contributed by atoms with E-state index in [9.17, 15) is 4.79 Å². The summed E-state index contributed by atoms with van der Waals surface area (Å²) in [5, 5.41) is 10.2. The fraction of sp³-hybridized carbons (Fsp3) is 0.833. The third kappa shape index (κ3) is 15.1. The Morgan fingerprint density at radius 2 is 1.65 bits per heavy atom. The van der Waals surface area contributed by atoms with Gasteiger partial charge in [-0.1, -0.05) is 0 Å². The van der Waals surface area contributed by atoms with Crippen molar-refractivity contribution in [3.63, 3.8) is 0 Å². The highest BCUT2D eigenvalue weighted by Crippen LogP contribution is 2.14. The maximum atomic E-state index is 10.3. The number of carbonyl (C=O) groups is 2. The molecule has 0 aromatic carbocycles. The standard InChI is InChI=1S/C11H23NO2.CH2O2/c1-9(7-8-13)14-11(5,6)12-10(2,3)4;2-1-3/h8-9,12H,7H2,1-6H3;1H,(H,2,3). The van der Waals surface area contributed by atoms with E-state index in [0.29, 0.717) is 6.42 Å². The molecular formula is C12H25NO4. The molecule has 0 saturated carbocycles. The van der Waals surface area contributed by atoms with Crippen LogP contribution in [0.5, 0.6) is 0 Å². The van der Waals surface area contributed by atoms with Crippen molar-refractivity contribution in [2.24, 2.45) is 0 Å². The van der Waals surface area contributed by atoms with Crippen LogP contribution >= 0.6 is 0 Å². The minimum atomic E-state index is -0.402. The summed E-state index contributed by atoms with van der Waals surface area (Å²) >= 11 is 0. The highest BCUT2D eigenvalue weighted by Gasteiger charge is 2.26. The summed E-state index contributed by atoms with van der Waals surface area (Å²) in [5.41, 5.74) is -0.398.